The average Bonchev–Trinajstić information content (AvgIpc) is 3.84. The van der Waals surface area contributed by atoms with Crippen LogP contribution < -0.4 is 4.90 Å². The van der Waals surface area contributed by atoms with Crippen molar-refractivity contribution >= 4 is 71.7 Å². The van der Waals surface area contributed by atoms with Crippen LogP contribution >= 0.6 is 0 Å². The zero-order chi connectivity index (χ0) is 34.6. The highest BCUT2D eigenvalue weighted by atomic mass is 16.3. The van der Waals surface area contributed by atoms with Gasteiger partial charge in [-0.2, -0.15) is 0 Å². The minimum absolute atomic E-state index is 0.149. The van der Waals surface area contributed by atoms with Crippen LogP contribution in [0.15, 0.2) is 173 Å². The highest BCUT2D eigenvalue weighted by Gasteiger charge is 2.36. The smallest absolute Gasteiger partial charge is 0.145 e. The van der Waals surface area contributed by atoms with Crippen molar-refractivity contribution in [1.82, 2.24) is 0 Å². The van der Waals surface area contributed by atoms with E-state index in [-0.39, 0.29) is 5.41 Å². The van der Waals surface area contributed by atoms with Crippen molar-refractivity contribution in [1.29, 1.82) is 0 Å². The Balaban J connectivity index is 1.23. The molecule has 246 valence electrons. The molecule has 0 saturated carbocycles. The van der Waals surface area contributed by atoms with Gasteiger partial charge in [-0.3, -0.25) is 0 Å². The Morgan fingerprint density at radius 3 is 2.02 bits per heavy atom. The molecule has 2 heterocycles. The normalized spacial score (nSPS) is 13.3. The quantitative estimate of drug-likeness (QED) is 0.187. The minimum Gasteiger partial charge on any atom is -0.456 e. The molecule has 1 aliphatic rings. The molecule has 0 unspecified atom stereocenters. The largest absolute Gasteiger partial charge is 0.456 e. The van der Waals surface area contributed by atoms with Crippen molar-refractivity contribution < 1.29 is 8.83 Å². The molecule has 0 spiro atoms. The van der Waals surface area contributed by atoms with Gasteiger partial charge in [0.25, 0.3) is 0 Å². The molecule has 0 radical (unpaired) electrons. The topological polar surface area (TPSA) is 29.5 Å². The standard InChI is InChI=1S/C49H33NO2/c1-49(2)41-18-10-8-16-36(41)37-24-21-32(28-42(37)49)50(33-22-25-39-38-17-9-11-19-44(38)51-45(39)29-33)43-27-26-35(30-12-4-3-5-13-30)48-46(43)40-23-20-31-14-6-7-15-34(31)47(40)52-48/h3-29H,1-2H3. The first-order valence-electron chi connectivity index (χ1n) is 17.9. The van der Waals surface area contributed by atoms with Crippen LogP contribution in [0, 0.1) is 0 Å². The summed E-state index contributed by atoms with van der Waals surface area (Å²) in [7, 11) is 0. The van der Waals surface area contributed by atoms with Gasteiger partial charge in [0.15, 0.2) is 0 Å². The fourth-order valence-corrected chi connectivity index (χ4v) is 8.73. The average molecular weight is 668 g/mol. The van der Waals surface area contributed by atoms with Crippen LogP contribution in [0.3, 0.4) is 0 Å². The third-order valence-electron chi connectivity index (χ3n) is 11.3. The van der Waals surface area contributed by atoms with E-state index in [1.807, 2.05) is 12.1 Å². The van der Waals surface area contributed by atoms with Crippen LogP contribution in [0.2, 0.25) is 0 Å². The van der Waals surface area contributed by atoms with Crippen LogP contribution in [-0.4, -0.2) is 0 Å². The van der Waals surface area contributed by atoms with E-state index >= 15 is 0 Å². The van der Waals surface area contributed by atoms with Crippen molar-refractivity contribution in [3.05, 3.63) is 175 Å². The van der Waals surface area contributed by atoms with Gasteiger partial charge >= 0.3 is 0 Å². The lowest BCUT2D eigenvalue weighted by molar-refractivity contribution is 0.660. The van der Waals surface area contributed by atoms with Crippen molar-refractivity contribution in [2.45, 2.75) is 19.3 Å². The molecular weight excluding hydrogens is 635 g/mol. The summed E-state index contributed by atoms with van der Waals surface area (Å²) in [4.78, 5) is 2.40. The summed E-state index contributed by atoms with van der Waals surface area (Å²) in [6.07, 6.45) is 0. The lowest BCUT2D eigenvalue weighted by atomic mass is 9.82. The van der Waals surface area contributed by atoms with Crippen LogP contribution in [0.5, 0.6) is 0 Å². The highest BCUT2D eigenvalue weighted by Crippen LogP contribution is 2.52. The lowest BCUT2D eigenvalue weighted by Gasteiger charge is -2.29. The van der Waals surface area contributed by atoms with E-state index in [2.05, 4.69) is 170 Å². The second-order valence-electron chi connectivity index (χ2n) is 14.5. The molecule has 0 fully saturated rings. The second-order valence-corrected chi connectivity index (χ2v) is 14.5. The Morgan fingerprint density at radius 2 is 1.12 bits per heavy atom. The summed E-state index contributed by atoms with van der Waals surface area (Å²) in [6, 6.07) is 58.7. The van der Waals surface area contributed by atoms with Gasteiger partial charge in [-0.1, -0.05) is 123 Å². The number of anilines is 3. The summed E-state index contributed by atoms with van der Waals surface area (Å²) in [5.41, 5.74) is 14.0. The number of nitrogens with zero attached hydrogens (tertiary/aromatic N) is 1. The molecule has 0 N–H and O–H groups in total. The highest BCUT2D eigenvalue weighted by molar-refractivity contribution is 6.22. The van der Waals surface area contributed by atoms with Gasteiger partial charge in [-0.05, 0) is 81.7 Å². The third-order valence-corrected chi connectivity index (χ3v) is 11.3. The van der Waals surface area contributed by atoms with E-state index in [1.165, 1.54) is 22.3 Å². The van der Waals surface area contributed by atoms with Gasteiger partial charge in [0.1, 0.15) is 22.3 Å². The molecule has 0 amide bonds. The number of para-hydroxylation sites is 1. The third kappa shape index (κ3) is 4.08. The summed E-state index contributed by atoms with van der Waals surface area (Å²) in [5.74, 6) is 0. The van der Waals surface area contributed by atoms with Gasteiger partial charge in [0.05, 0.1) is 11.1 Å². The maximum absolute atomic E-state index is 7.03. The van der Waals surface area contributed by atoms with E-state index in [0.717, 1.165) is 82.8 Å². The number of hydrogen-bond donors (Lipinski definition) is 0. The minimum atomic E-state index is -0.149. The summed E-state index contributed by atoms with van der Waals surface area (Å²) >= 11 is 0. The Hall–Kier alpha value is -6.58. The maximum Gasteiger partial charge on any atom is 0.145 e. The predicted molar refractivity (Wildman–Crippen MR) is 216 cm³/mol. The first-order chi connectivity index (χ1) is 25.5. The van der Waals surface area contributed by atoms with Crippen LogP contribution in [0.4, 0.5) is 17.1 Å². The van der Waals surface area contributed by atoms with Crippen molar-refractivity contribution in [2.75, 3.05) is 4.90 Å². The molecule has 8 aromatic carbocycles. The second kappa shape index (κ2) is 10.7. The van der Waals surface area contributed by atoms with Gasteiger partial charge in [0, 0.05) is 50.0 Å². The molecule has 52 heavy (non-hydrogen) atoms. The zero-order valence-corrected chi connectivity index (χ0v) is 28.9. The van der Waals surface area contributed by atoms with Crippen LogP contribution in [0.1, 0.15) is 25.0 Å². The maximum atomic E-state index is 7.03. The molecule has 11 rings (SSSR count). The zero-order valence-electron chi connectivity index (χ0n) is 28.9. The predicted octanol–water partition coefficient (Wildman–Crippen LogP) is 14.1. The number of furan rings is 2. The molecule has 0 saturated heterocycles. The first-order valence-corrected chi connectivity index (χ1v) is 17.9. The molecule has 3 nitrogen and oxygen atoms in total. The lowest BCUT2D eigenvalue weighted by Crippen LogP contribution is -2.16. The molecule has 0 aliphatic heterocycles. The van der Waals surface area contributed by atoms with Gasteiger partial charge in [-0.25, -0.2) is 0 Å². The van der Waals surface area contributed by atoms with E-state index < -0.39 is 0 Å². The van der Waals surface area contributed by atoms with Crippen molar-refractivity contribution in [2.24, 2.45) is 0 Å². The van der Waals surface area contributed by atoms with Crippen molar-refractivity contribution in [3.8, 4) is 22.3 Å². The number of rotatable bonds is 4. The van der Waals surface area contributed by atoms with Crippen LogP contribution in [0.25, 0.3) is 76.9 Å². The first kappa shape index (κ1) is 29.2. The Morgan fingerprint density at radius 1 is 0.442 bits per heavy atom. The molecule has 2 aromatic heterocycles. The molecule has 0 bridgehead atoms. The summed E-state index contributed by atoms with van der Waals surface area (Å²) in [6.45, 7) is 4.68. The van der Waals surface area contributed by atoms with Gasteiger partial charge < -0.3 is 13.7 Å². The van der Waals surface area contributed by atoms with E-state index in [4.69, 9.17) is 8.83 Å². The molecule has 3 heteroatoms. The molecular formula is C49H33NO2. The Bertz CT molecular complexity index is 3050. The monoisotopic (exact) mass is 667 g/mol. The summed E-state index contributed by atoms with van der Waals surface area (Å²) in [5, 5.41) is 6.66. The number of fused-ring (bicyclic) bond motifs is 11. The van der Waals surface area contributed by atoms with E-state index in [9.17, 15) is 0 Å². The Labute approximate surface area is 301 Å². The molecule has 10 aromatic rings. The fourth-order valence-electron chi connectivity index (χ4n) is 8.73. The van der Waals surface area contributed by atoms with Crippen molar-refractivity contribution in [3.63, 3.8) is 0 Å². The fraction of sp³-hybridized carbons (Fsp3) is 0.0612. The SMILES string of the molecule is CC1(C)c2ccccc2-c2ccc(N(c3ccc4c(c3)oc3ccccc34)c3ccc(-c4ccccc4)c4oc5c6ccccc6ccc5c34)cc21. The summed E-state index contributed by atoms with van der Waals surface area (Å²) < 4.78 is 13.5. The Kier molecular flexibility index (Phi) is 6.01. The van der Waals surface area contributed by atoms with E-state index in [0.29, 0.717) is 0 Å². The number of hydrogen-bond acceptors (Lipinski definition) is 3. The molecule has 1 aliphatic carbocycles. The van der Waals surface area contributed by atoms with Gasteiger partial charge in [0.2, 0.25) is 0 Å². The number of benzene rings is 8. The van der Waals surface area contributed by atoms with Crippen LogP contribution in [-0.2, 0) is 5.41 Å². The van der Waals surface area contributed by atoms with E-state index in [1.54, 1.807) is 0 Å². The van der Waals surface area contributed by atoms with Gasteiger partial charge in [-0.15, -0.1) is 0 Å². The molecule has 0 atom stereocenters.